The fourth-order valence-electron chi connectivity index (χ4n) is 4.58. The van der Waals surface area contributed by atoms with E-state index in [1.54, 1.807) is 0 Å². The van der Waals surface area contributed by atoms with Crippen LogP contribution in [0.1, 0.15) is 65.2 Å². The number of allylic oxidation sites excluding steroid dienone is 1. The number of piperidine rings is 1. The summed E-state index contributed by atoms with van der Waals surface area (Å²) < 4.78 is 0. The van der Waals surface area contributed by atoms with Crippen LogP contribution < -0.4 is 10.6 Å². The SMILES string of the molecule is C=C[C@@H]1CC[C@@H](CN2CCCCC2)[C@@](NC(C)=O)(C(=O)NCCCC)C1. The van der Waals surface area contributed by atoms with Gasteiger partial charge in [-0.25, -0.2) is 0 Å². The molecule has 0 aromatic carbocycles. The summed E-state index contributed by atoms with van der Waals surface area (Å²) in [5.74, 6) is 0.303. The quantitative estimate of drug-likeness (QED) is 0.515. The van der Waals surface area contributed by atoms with Crippen LogP contribution in [0.5, 0.6) is 0 Å². The molecule has 0 unspecified atom stereocenters. The van der Waals surface area contributed by atoms with E-state index in [0.717, 1.165) is 45.3 Å². The third-order valence-corrected chi connectivity index (χ3v) is 6.05. The standard InChI is InChI=1S/C21H37N3O2/c1-4-6-12-22-20(26)21(23-17(3)25)15-18(5-2)10-11-19(21)16-24-13-8-7-9-14-24/h5,18-19H,2,4,6-16H2,1,3H3,(H,22,26)(H,23,25)/t18-,19+,21-/m1/s1. The number of nitrogens with one attached hydrogen (secondary N) is 2. The summed E-state index contributed by atoms with van der Waals surface area (Å²) in [7, 11) is 0. The Morgan fingerprint density at radius 2 is 1.96 bits per heavy atom. The molecule has 0 aromatic heterocycles. The molecular weight excluding hydrogens is 326 g/mol. The molecule has 5 nitrogen and oxygen atoms in total. The number of likely N-dealkylation sites (tertiary alicyclic amines) is 1. The van der Waals surface area contributed by atoms with Gasteiger partial charge in [0.1, 0.15) is 5.54 Å². The highest BCUT2D eigenvalue weighted by Crippen LogP contribution is 2.39. The number of carbonyl (C=O) groups is 2. The normalized spacial score (nSPS) is 29.8. The summed E-state index contributed by atoms with van der Waals surface area (Å²) in [6, 6.07) is 0. The highest BCUT2D eigenvalue weighted by molar-refractivity contribution is 5.91. The molecule has 1 heterocycles. The molecule has 2 amide bonds. The van der Waals surface area contributed by atoms with E-state index in [0.29, 0.717) is 13.0 Å². The molecule has 2 fully saturated rings. The first-order chi connectivity index (χ1) is 12.5. The van der Waals surface area contributed by atoms with Crippen LogP contribution in [0.25, 0.3) is 0 Å². The molecule has 1 aliphatic heterocycles. The van der Waals surface area contributed by atoms with E-state index in [1.807, 2.05) is 6.08 Å². The van der Waals surface area contributed by atoms with Crippen molar-refractivity contribution in [2.24, 2.45) is 11.8 Å². The topological polar surface area (TPSA) is 61.4 Å². The van der Waals surface area contributed by atoms with Crippen LogP contribution in [0, 0.1) is 11.8 Å². The van der Waals surface area contributed by atoms with Crippen LogP contribution >= 0.6 is 0 Å². The van der Waals surface area contributed by atoms with Gasteiger partial charge in [-0.15, -0.1) is 6.58 Å². The van der Waals surface area contributed by atoms with Gasteiger partial charge < -0.3 is 15.5 Å². The lowest BCUT2D eigenvalue weighted by Crippen LogP contribution is -2.66. The van der Waals surface area contributed by atoms with Crippen molar-refractivity contribution in [3.8, 4) is 0 Å². The van der Waals surface area contributed by atoms with Crippen LogP contribution in [-0.4, -0.2) is 48.4 Å². The molecule has 0 bridgehead atoms. The van der Waals surface area contributed by atoms with Gasteiger partial charge in [0.2, 0.25) is 11.8 Å². The average molecular weight is 364 g/mol. The third kappa shape index (κ3) is 5.32. The number of amides is 2. The zero-order valence-electron chi connectivity index (χ0n) is 16.7. The van der Waals surface area contributed by atoms with Crippen LogP contribution in [0.15, 0.2) is 12.7 Å². The Morgan fingerprint density at radius 3 is 2.58 bits per heavy atom. The van der Waals surface area contributed by atoms with Gasteiger partial charge >= 0.3 is 0 Å². The zero-order chi connectivity index (χ0) is 19.0. The van der Waals surface area contributed by atoms with Crippen molar-refractivity contribution < 1.29 is 9.59 Å². The molecule has 2 N–H and O–H groups in total. The van der Waals surface area contributed by atoms with E-state index >= 15 is 0 Å². The fourth-order valence-corrected chi connectivity index (χ4v) is 4.58. The first kappa shape index (κ1) is 20.9. The molecule has 1 saturated heterocycles. The Bertz CT molecular complexity index is 488. The number of rotatable bonds is 8. The van der Waals surface area contributed by atoms with E-state index in [4.69, 9.17) is 0 Å². The van der Waals surface area contributed by atoms with Crippen LogP contribution in [0.3, 0.4) is 0 Å². The number of unbranched alkanes of at least 4 members (excludes halogenated alkanes) is 1. The third-order valence-electron chi connectivity index (χ3n) is 6.05. The van der Waals surface area contributed by atoms with Crippen molar-refractivity contribution >= 4 is 11.8 Å². The maximum atomic E-state index is 13.3. The number of carbonyl (C=O) groups excluding carboxylic acids is 2. The van der Waals surface area contributed by atoms with Gasteiger partial charge in [0.15, 0.2) is 0 Å². The second-order valence-electron chi connectivity index (χ2n) is 8.10. The van der Waals surface area contributed by atoms with E-state index in [2.05, 4.69) is 29.0 Å². The minimum Gasteiger partial charge on any atom is -0.354 e. The maximum absolute atomic E-state index is 13.3. The molecule has 2 rings (SSSR count). The van der Waals surface area contributed by atoms with Gasteiger partial charge in [0, 0.05) is 25.9 Å². The highest BCUT2D eigenvalue weighted by Gasteiger charge is 2.50. The van der Waals surface area contributed by atoms with Crippen LogP contribution in [0.2, 0.25) is 0 Å². The lowest BCUT2D eigenvalue weighted by Gasteiger charge is -2.47. The summed E-state index contributed by atoms with van der Waals surface area (Å²) in [4.78, 5) is 27.8. The minimum atomic E-state index is -0.811. The van der Waals surface area contributed by atoms with Crippen LogP contribution in [-0.2, 0) is 9.59 Å². The lowest BCUT2D eigenvalue weighted by molar-refractivity contribution is -0.138. The molecule has 1 aliphatic carbocycles. The molecule has 1 saturated carbocycles. The van der Waals surface area contributed by atoms with Gasteiger partial charge in [0.05, 0.1) is 0 Å². The van der Waals surface area contributed by atoms with Crippen molar-refractivity contribution in [2.75, 3.05) is 26.2 Å². The molecule has 2 aliphatic rings. The summed E-state index contributed by atoms with van der Waals surface area (Å²) in [5, 5.41) is 6.21. The molecule has 0 spiro atoms. The molecule has 26 heavy (non-hydrogen) atoms. The predicted molar refractivity (Wildman–Crippen MR) is 106 cm³/mol. The Hall–Kier alpha value is -1.36. The second kappa shape index (κ2) is 10.1. The van der Waals surface area contributed by atoms with E-state index < -0.39 is 5.54 Å². The first-order valence-corrected chi connectivity index (χ1v) is 10.4. The maximum Gasteiger partial charge on any atom is 0.246 e. The monoisotopic (exact) mass is 363 g/mol. The molecular formula is C21H37N3O2. The summed E-state index contributed by atoms with van der Waals surface area (Å²) >= 11 is 0. The molecule has 148 valence electrons. The Labute approximate surface area is 159 Å². The van der Waals surface area contributed by atoms with E-state index in [9.17, 15) is 9.59 Å². The zero-order valence-corrected chi connectivity index (χ0v) is 16.7. The van der Waals surface area contributed by atoms with Crippen molar-refractivity contribution in [2.45, 2.75) is 70.8 Å². The Balaban J connectivity index is 2.22. The number of hydrogen-bond acceptors (Lipinski definition) is 3. The molecule has 5 heteroatoms. The van der Waals surface area contributed by atoms with Crippen molar-refractivity contribution in [3.05, 3.63) is 12.7 Å². The van der Waals surface area contributed by atoms with Gasteiger partial charge in [0.25, 0.3) is 0 Å². The van der Waals surface area contributed by atoms with Crippen LogP contribution in [0.4, 0.5) is 0 Å². The van der Waals surface area contributed by atoms with E-state index in [1.165, 1.54) is 26.2 Å². The fraction of sp³-hybridized carbons (Fsp3) is 0.810. The minimum absolute atomic E-state index is 0.00490. The highest BCUT2D eigenvalue weighted by atomic mass is 16.2. The lowest BCUT2D eigenvalue weighted by atomic mass is 9.67. The predicted octanol–water partition coefficient (Wildman–Crippen LogP) is 2.87. The van der Waals surface area contributed by atoms with Crippen molar-refractivity contribution in [3.63, 3.8) is 0 Å². The Kier molecular flexibility index (Phi) is 8.14. The number of nitrogens with zero attached hydrogens (tertiary/aromatic N) is 1. The van der Waals surface area contributed by atoms with Gasteiger partial charge in [-0.3, -0.25) is 9.59 Å². The smallest absolute Gasteiger partial charge is 0.246 e. The average Bonchev–Trinajstić information content (AvgIpc) is 2.63. The van der Waals surface area contributed by atoms with Gasteiger partial charge in [-0.2, -0.15) is 0 Å². The summed E-state index contributed by atoms with van der Waals surface area (Å²) in [6.45, 7) is 11.4. The largest absolute Gasteiger partial charge is 0.354 e. The first-order valence-electron chi connectivity index (χ1n) is 10.4. The van der Waals surface area contributed by atoms with Gasteiger partial charge in [-0.05, 0) is 57.5 Å². The molecule has 0 aromatic rings. The summed E-state index contributed by atoms with van der Waals surface area (Å²) in [6.07, 6.45) is 10.4. The van der Waals surface area contributed by atoms with Gasteiger partial charge in [-0.1, -0.05) is 25.8 Å². The second-order valence-corrected chi connectivity index (χ2v) is 8.10. The van der Waals surface area contributed by atoms with Crippen molar-refractivity contribution in [1.29, 1.82) is 0 Å². The molecule has 3 atom stereocenters. The summed E-state index contributed by atoms with van der Waals surface area (Å²) in [5.41, 5.74) is -0.811. The molecule has 0 radical (unpaired) electrons. The van der Waals surface area contributed by atoms with E-state index in [-0.39, 0.29) is 23.7 Å². The Morgan fingerprint density at radius 1 is 1.23 bits per heavy atom. The number of hydrogen-bond donors (Lipinski definition) is 2. The van der Waals surface area contributed by atoms with Crippen molar-refractivity contribution in [1.82, 2.24) is 15.5 Å².